The van der Waals surface area contributed by atoms with E-state index in [1.54, 1.807) is 17.0 Å². The van der Waals surface area contributed by atoms with Crippen molar-refractivity contribution < 1.29 is 28.2 Å². The summed E-state index contributed by atoms with van der Waals surface area (Å²) in [5.41, 5.74) is 0.246. The van der Waals surface area contributed by atoms with Gasteiger partial charge in [-0.3, -0.25) is 9.59 Å². The number of carbonyl (C=O) groups is 2. The predicted molar refractivity (Wildman–Crippen MR) is 114 cm³/mol. The molecule has 0 radical (unpaired) electrons. The minimum absolute atomic E-state index is 0.0625. The molecule has 1 aliphatic rings. The highest BCUT2D eigenvalue weighted by Crippen LogP contribution is 2.38. The van der Waals surface area contributed by atoms with Crippen LogP contribution in [0.5, 0.6) is 17.2 Å². The van der Waals surface area contributed by atoms with E-state index in [2.05, 4.69) is 5.32 Å². The molecule has 3 rings (SSSR count). The topological polar surface area (TPSA) is 77.1 Å². The van der Waals surface area contributed by atoms with Gasteiger partial charge in [-0.05, 0) is 37.1 Å². The summed E-state index contributed by atoms with van der Waals surface area (Å²) in [6.07, 6.45) is 1.07. The van der Waals surface area contributed by atoms with Crippen LogP contribution in [0.25, 0.3) is 0 Å². The number of benzene rings is 2. The lowest BCUT2D eigenvalue weighted by molar-refractivity contribution is 0.0697. The molecule has 0 bridgehead atoms. The fourth-order valence-electron chi connectivity index (χ4n) is 3.59. The summed E-state index contributed by atoms with van der Waals surface area (Å²) < 4.78 is 29.9. The molecule has 2 aromatic carbocycles. The summed E-state index contributed by atoms with van der Waals surface area (Å²) >= 11 is 5.96. The molecular formula is C22H24ClFN2O5. The molecule has 0 unspecified atom stereocenters. The summed E-state index contributed by atoms with van der Waals surface area (Å²) in [7, 11) is 4.47. The van der Waals surface area contributed by atoms with Gasteiger partial charge in [-0.15, -0.1) is 0 Å². The molecule has 0 spiro atoms. The number of halogens is 2. The number of ether oxygens (including phenoxy) is 3. The zero-order chi connectivity index (χ0) is 22.5. The van der Waals surface area contributed by atoms with E-state index < -0.39 is 11.7 Å². The Labute approximate surface area is 185 Å². The number of rotatable bonds is 6. The molecule has 166 valence electrons. The first-order valence-electron chi connectivity index (χ1n) is 9.73. The van der Waals surface area contributed by atoms with Crippen LogP contribution in [-0.2, 0) is 0 Å². The second-order valence-electron chi connectivity index (χ2n) is 7.05. The first-order valence-corrected chi connectivity index (χ1v) is 10.1. The smallest absolute Gasteiger partial charge is 0.255 e. The molecule has 0 aromatic heterocycles. The maximum Gasteiger partial charge on any atom is 0.255 e. The summed E-state index contributed by atoms with van der Waals surface area (Å²) in [6.45, 7) is 0.872. The highest BCUT2D eigenvalue weighted by molar-refractivity contribution is 6.33. The van der Waals surface area contributed by atoms with Gasteiger partial charge in [0.25, 0.3) is 11.8 Å². The van der Waals surface area contributed by atoms with Crippen molar-refractivity contribution in [2.75, 3.05) is 34.4 Å². The van der Waals surface area contributed by atoms with E-state index in [9.17, 15) is 14.0 Å². The largest absolute Gasteiger partial charge is 0.493 e. The normalized spacial score (nSPS) is 14.2. The van der Waals surface area contributed by atoms with Gasteiger partial charge in [0.15, 0.2) is 11.5 Å². The van der Waals surface area contributed by atoms with E-state index in [0.717, 1.165) is 0 Å². The molecule has 31 heavy (non-hydrogen) atoms. The number of piperidine rings is 1. The molecule has 2 amide bonds. The molecule has 1 N–H and O–H groups in total. The van der Waals surface area contributed by atoms with Crippen LogP contribution >= 0.6 is 11.6 Å². The van der Waals surface area contributed by atoms with Crippen LogP contribution in [0.1, 0.15) is 33.6 Å². The van der Waals surface area contributed by atoms with E-state index in [1.165, 1.54) is 39.5 Å². The van der Waals surface area contributed by atoms with Crippen LogP contribution in [-0.4, -0.2) is 57.2 Å². The average molecular weight is 451 g/mol. The van der Waals surface area contributed by atoms with E-state index in [0.29, 0.717) is 48.7 Å². The van der Waals surface area contributed by atoms with Crippen molar-refractivity contribution in [3.8, 4) is 17.2 Å². The second-order valence-corrected chi connectivity index (χ2v) is 7.46. The summed E-state index contributed by atoms with van der Waals surface area (Å²) in [4.78, 5) is 27.1. The zero-order valence-corrected chi connectivity index (χ0v) is 18.3. The maximum atomic E-state index is 14.0. The van der Waals surface area contributed by atoms with Crippen molar-refractivity contribution in [1.82, 2.24) is 10.2 Å². The van der Waals surface area contributed by atoms with E-state index in [4.69, 9.17) is 25.8 Å². The zero-order valence-electron chi connectivity index (χ0n) is 17.5. The Balaban J connectivity index is 1.66. The number of carbonyl (C=O) groups excluding carboxylic acids is 2. The number of hydrogen-bond donors (Lipinski definition) is 1. The molecule has 9 heteroatoms. The van der Waals surface area contributed by atoms with Gasteiger partial charge in [-0.1, -0.05) is 17.7 Å². The lowest BCUT2D eigenvalue weighted by Gasteiger charge is -2.32. The van der Waals surface area contributed by atoms with Gasteiger partial charge < -0.3 is 24.4 Å². The Hall–Kier alpha value is -3.00. The van der Waals surface area contributed by atoms with Crippen molar-refractivity contribution in [2.45, 2.75) is 18.9 Å². The van der Waals surface area contributed by atoms with E-state index >= 15 is 0 Å². The molecule has 0 aliphatic carbocycles. The Morgan fingerprint density at radius 1 is 1.06 bits per heavy atom. The molecule has 7 nitrogen and oxygen atoms in total. The van der Waals surface area contributed by atoms with Crippen LogP contribution in [0.15, 0.2) is 30.3 Å². The molecule has 1 saturated heterocycles. The molecule has 1 fully saturated rings. The summed E-state index contributed by atoms with van der Waals surface area (Å²) in [5.74, 6) is -0.197. The highest BCUT2D eigenvalue weighted by atomic mass is 35.5. The van der Waals surface area contributed by atoms with Crippen LogP contribution in [0.4, 0.5) is 4.39 Å². The number of methoxy groups -OCH3 is 3. The van der Waals surface area contributed by atoms with Crippen molar-refractivity contribution in [2.24, 2.45) is 0 Å². The van der Waals surface area contributed by atoms with Crippen LogP contribution in [0, 0.1) is 5.82 Å². The number of hydrogen-bond acceptors (Lipinski definition) is 5. The van der Waals surface area contributed by atoms with Crippen LogP contribution < -0.4 is 19.5 Å². The Bertz CT molecular complexity index is 931. The van der Waals surface area contributed by atoms with Gasteiger partial charge in [-0.2, -0.15) is 0 Å². The lowest BCUT2D eigenvalue weighted by atomic mass is 10.0. The van der Waals surface area contributed by atoms with Gasteiger partial charge in [0.2, 0.25) is 5.75 Å². The average Bonchev–Trinajstić information content (AvgIpc) is 2.77. The van der Waals surface area contributed by atoms with Crippen molar-refractivity contribution >= 4 is 23.4 Å². The number of amides is 2. The van der Waals surface area contributed by atoms with Gasteiger partial charge in [-0.25, -0.2) is 4.39 Å². The van der Waals surface area contributed by atoms with Crippen molar-refractivity contribution in [3.63, 3.8) is 0 Å². The summed E-state index contributed by atoms with van der Waals surface area (Å²) in [5, 5.41) is 2.87. The minimum atomic E-state index is -0.667. The molecule has 0 saturated carbocycles. The first-order chi connectivity index (χ1) is 14.9. The predicted octanol–water partition coefficient (Wildman–Crippen LogP) is 3.54. The van der Waals surface area contributed by atoms with E-state index in [1.807, 2.05) is 0 Å². The van der Waals surface area contributed by atoms with Gasteiger partial charge in [0.05, 0.1) is 31.9 Å². The second kappa shape index (κ2) is 9.87. The number of nitrogens with one attached hydrogen (secondary N) is 1. The monoisotopic (exact) mass is 450 g/mol. The third kappa shape index (κ3) is 4.85. The van der Waals surface area contributed by atoms with Crippen LogP contribution in [0.3, 0.4) is 0 Å². The SMILES string of the molecule is COc1cc(C(=O)N2CCC(NC(=O)c3c(F)cccc3Cl)CC2)cc(OC)c1OC. The van der Waals surface area contributed by atoms with Gasteiger partial charge in [0, 0.05) is 24.7 Å². The van der Waals surface area contributed by atoms with Gasteiger partial charge >= 0.3 is 0 Å². The van der Waals surface area contributed by atoms with Crippen LogP contribution in [0.2, 0.25) is 5.02 Å². The Morgan fingerprint density at radius 2 is 1.68 bits per heavy atom. The number of likely N-dealkylation sites (tertiary alicyclic amines) is 1. The third-order valence-corrected chi connectivity index (χ3v) is 5.53. The standard InChI is InChI=1S/C22H24ClFN2O5/c1-29-17-11-13(12-18(30-2)20(17)31-3)22(28)26-9-7-14(8-10-26)25-21(27)19-15(23)5-4-6-16(19)24/h4-6,11-12,14H,7-10H2,1-3H3,(H,25,27). The third-order valence-electron chi connectivity index (χ3n) is 5.22. The van der Waals surface area contributed by atoms with Crippen molar-refractivity contribution in [3.05, 3.63) is 52.3 Å². The molecular weight excluding hydrogens is 427 g/mol. The first kappa shape index (κ1) is 22.7. The summed E-state index contributed by atoms with van der Waals surface area (Å²) in [6, 6.07) is 7.14. The lowest BCUT2D eigenvalue weighted by Crippen LogP contribution is -2.46. The molecule has 1 heterocycles. The van der Waals surface area contributed by atoms with E-state index in [-0.39, 0.29) is 22.5 Å². The Kier molecular flexibility index (Phi) is 7.22. The quantitative estimate of drug-likeness (QED) is 0.728. The van der Waals surface area contributed by atoms with Crippen molar-refractivity contribution in [1.29, 1.82) is 0 Å². The highest BCUT2D eigenvalue weighted by Gasteiger charge is 2.27. The van der Waals surface area contributed by atoms with Gasteiger partial charge in [0.1, 0.15) is 5.82 Å². The molecule has 2 aromatic rings. The molecule has 1 aliphatic heterocycles. The Morgan fingerprint density at radius 3 is 2.19 bits per heavy atom. The minimum Gasteiger partial charge on any atom is -0.493 e. The fraction of sp³-hybridized carbons (Fsp3) is 0.364. The fourth-order valence-corrected chi connectivity index (χ4v) is 3.84. The maximum absolute atomic E-state index is 14.0. The number of nitrogens with zero attached hydrogens (tertiary/aromatic N) is 1. The molecule has 0 atom stereocenters.